The molecule has 10 heteroatoms. The third kappa shape index (κ3) is 6.44. The Morgan fingerprint density at radius 2 is 1.47 bits per heavy atom. The Kier molecular flexibility index (Phi) is 8.76. The van der Waals surface area contributed by atoms with Gasteiger partial charge in [0.1, 0.15) is 12.0 Å². The number of rotatable bonds is 10. The monoisotopic (exact) mass is 636 g/mol. The maximum atomic E-state index is 13.7. The number of nitrogens with zero attached hydrogens (tertiary/aromatic N) is 2. The van der Waals surface area contributed by atoms with E-state index in [9.17, 15) is 22.8 Å². The van der Waals surface area contributed by atoms with Gasteiger partial charge in [-0.25, -0.2) is 4.98 Å². The molecule has 1 aliphatic rings. The third-order valence-corrected chi connectivity index (χ3v) is 8.24. The molecule has 0 aliphatic heterocycles. The smallest absolute Gasteiger partial charge is 0.405 e. The summed E-state index contributed by atoms with van der Waals surface area (Å²) in [5, 5.41) is 5.04. The molecule has 1 aliphatic carbocycles. The van der Waals surface area contributed by atoms with Gasteiger partial charge in [0.05, 0.1) is 24.2 Å². The topological polar surface area (TPSA) is 93.2 Å². The van der Waals surface area contributed by atoms with E-state index in [4.69, 9.17) is 4.74 Å². The summed E-state index contributed by atoms with van der Waals surface area (Å²) in [6.07, 6.45) is -0.808. The number of aryl methyl sites for hydroxylation is 1. The molecule has 238 valence electrons. The molecule has 0 spiro atoms. The van der Waals surface area contributed by atoms with Gasteiger partial charge in [0.2, 0.25) is 11.8 Å². The van der Waals surface area contributed by atoms with Crippen molar-refractivity contribution in [2.24, 2.45) is 0 Å². The van der Waals surface area contributed by atoms with Crippen molar-refractivity contribution in [3.63, 3.8) is 0 Å². The summed E-state index contributed by atoms with van der Waals surface area (Å²) < 4.78 is 45.5. The predicted octanol–water partition coefficient (Wildman–Crippen LogP) is 7.51. The maximum absolute atomic E-state index is 13.7. The van der Waals surface area contributed by atoms with Gasteiger partial charge in [-0.1, -0.05) is 72.8 Å². The molecule has 0 radical (unpaired) electrons. The molecular weight excluding hydrogens is 605 g/mol. The van der Waals surface area contributed by atoms with Gasteiger partial charge in [-0.3, -0.25) is 14.6 Å². The predicted molar refractivity (Wildman–Crippen MR) is 173 cm³/mol. The minimum Gasteiger partial charge on any atom is -0.477 e. The Morgan fingerprint density at radius 1 is 0.830 bits per heavy atom. The van der Waals surface area contributed by atoms with Gasteiger partial charge in [-0.05, 0) is 66.3 Å². The molecule has 3 aromatic carbocycles. The minimum atomic E-state index is -4.55. The highest BCUT2D eigenvalue weighted by molar-refractivity contribution is 6.08. The molecule has 0 saturated carbocycles. The Morgan fingerprint density at radius 3 is 2.11 bits per heavy atom. The number of anilines is 1. The Labute approximate surface area is 269 Å². The molecule has 0 fully saturated rings. The average Bonchev–Trinajstić information content (AvgIpc) is 3.37. The zero-order chi connectivity index (χ0) is 33.0. The highest BCUT2D eigenvalue weighted by atomic mass is 19.4. The first-order valence-electron chi connectivity index (χ1n) is 15.1. The molecule has 5 aromatic rings. The molecule has 47 heavy (non-hydrogen) atoms. The minimum absolute atomic E-state index is 0.162. The number of aromatic nitrogens is 2. The molecule has 2 aromatic heterocycles. The Hall–Kier alpha value is -5.51. The van der Waals surface area contributed by atoms with Crippen LogP contribution in [0, 0.1) is 6.92 Å². The second-order valence-corrected chi connectivity index (χ2v) is 11.3. The molecule has 7 nitrogen and oxygen atoms in total. The standard InChI is InChI=1S/C37H31F3N4O3/c1-24-21-25(44-33(45)29-14-3-2-13-28(29)32-17-8-9-19-41-32)22-42-34(24)47-20-10-18-36(35(46)43-23-37(38,39)40)30-15-6-4-11-26(30)27-12-5-7-16-31(27)36/h2-9,11-17,19,21-22H,10,18,20,23H2,1H3,(H,43,46)(H,44,45). The second kappa shape index (κ2) is 13.1. The van der Waals surface area contributed by atoms with Crippen LogP contribution >= 0.6 is 0 Å². The summed E-state index contributed by atoms with van der Waals surface area (Å²) in [7, 11) is 0. The van der Waals surface area contributed by atoms with Gasteiger partial charge in [0, 0.05) is 22.9 Å². The van der Waals surface area contributed by atoms with E-state index in [0.29, 0.717) is 51.5 Å². The van der Waals surface area contributed by atoms with Crippen LogP contribution in [-0.2, 0) is 10.2 Å². The zero-order valence-corrected chi connectivity index (χ0v) is 25.5. The first-order chi connectivity index (χ1) is 22.7. The molecule has 0 atom stereocenters. The number of fused-ring (bicyclic) bond motifs is 3. The number of nitrogens with one attached hydrogen (secondary N) is 2. The molecule has 2 heterocycles. The summed E-state index contributed by atoms with van der Waals surface area (Å²) in [5.41, 5.74) is 4.67. The van der Waals surface area contributed by atoms with E-state index < -0.39 is 24.0 Å². The van der Waals surface area contributed by atoms with E-state index in [1.54, 1.807) is 55.6 Å². The van der Waals surface area contributed by atoms with Crippen LogP contribution in [0.4, 0.5) is 18.9 Å². The SMILES string of the molecule is Cc1cc(NC(=O)c2ccccc2-c2ccccn2)cnc1OCCCC1(C(=O)NCC(F)(F)F)c2ccccc2-c2ccccc21. The molecule has 0 saturated heterocycles. The molecule has 2 N–H and O–H groups in total. The van der Waals surface area contributed by atoms with Crippen LogP contribution in [-0.4, -0.2) is 41.1 Å². The molecule has 0 unspecified atom stereocenters. The fourth-order valence-corrected chi connectivity index (χ4v) is 6.20. The van der Waals surface area contributed by atoms with Crippen molar-refractivity contribution in [2.45, 2.75) is 31.4 Å². The van der Waals surface area contributed by atoms with E-state index in [0.717, 1.165) is 11.1 Å². The number of hydrogen-bond donors (Lipinski definition) is 2. The van der Waals surface area contributed by atoms with E-state index in [-0.39, 0.29) is 18.9 Å². The maximum Gasteiger partial charge on any atom is 0.405 e. The zero-order valence-electron chi connectivity index (χ0n) is 25.5. The van der Waals surface area contributed by atoms with Crippen LogP contribution in [0.25, 0.3) is 22.4 Å². The number of carbonyl (C=O) groups is 2. The number of alkyl halides is 3. The van der Waals surface area contributed by atoms with Gasteiger partial charge in [-0.15, -0.1) is 0 Å². The summed E-state index contributed by atoms with van der Waals surface area (Å²) in [6, 6.07) is 29.1. The van der Waals surface area contributed by atoms with Crippen molar-refractivity contribution in [3.8, 4) is 28.3 Å². The lowest BCUT2D eigenvalue weighted by molar-refractivity contribution is -0.141. The fourth-order valence-electron chi connectivity index (χ4n) is 6.20. The van der Waals surface area contributed by atoms with Crippen molar-refractivity contribution in [2.75, 3.05) is 18.5 Å². The van der Waals surface area contributed by atoms with Gasteiger partial charge in [0.15, 0.2) is 0 Å². The first-order valence-corrected chi connectivity index (χ1v) is 15.1. The van der Waals surface area contributed by atoms with Gasteiger partial charge >= 0.3 is 6.18 Å². The Balaban J connectivity index is 1.16. The van der Waals surface area contributed by atoms with Gasteiger partial charge < -0.3 is 15.4 Å². The van der Waals surface area contributed by atoms with Crippen LogP contribution in [0.1, 0.15) is 39.9 Å². The van der Waals surface area contributed by atoms with E-state index >= 15 is 0 Å². The van der Waals surface area contributed by atoms with Crippen molar-refractivity contribution < 1.29 is 27.5 Å². The Bertz CT molecular complexity index is 1880. The van der Waals surface area contributed by atoms with Crippen molar-refractivity contribution in [3.05, 3.63) is 132 Å². The summed E-state index contributed by atoms with van der Waals surface area (Å²) >= 11 is 0. The lowest BCUT2D eigenvalue weighted by Crippen LogP contribution is -2.47. The summed E-state index contributed by atoms with van der Waals surface area (Å²) in [4.78, 5) is 35.7. The largest absolute Gasteiger partial charge is 0.477 e. The van der Waals surface area contributed by atoms with Crippen LogP contribution in [0.5, 0.6) is 5.88 Å². The lowest BCUT2D eigenvalue weighted by Gasteiger charge is -2.31. The van der Waals surface area contributed by atoms with Crippen LogP contribution < -0.4 is 15.4 Å². The van der Waals surface area contributed by atoms with Crippen LogP contribution in [0.2, 0.25) is 0 Å². The molecule has 0 bridgehead atoms. The van der Waals surface area contributed by atoms with Crippen molar-refractivity contribution in [1.29, 1.82) is 0 Å². The number of ether oxygens (including phenoxy) is 1. The van der Waals surface area contributed by atoms with E-state index in [1.165, 1.54) is 6.20 Å². The van der Waals surface area contributed by atoms with Crippen LogP contribution in [0.3, 0.4) is 0 Å². The van der Waals surface area contributed by atoms with Gasteiger partial charge in [-0.2, -0.15) is 13.2 Å². The number of halogens is 3. The number of benzene rings is 3. The van der Waals surface area contributed by atoms with E-state index in [2.05, 4.69) is 20.6 Å². The van der Waals surface area contributed by atoms with Crippen LogP contribution in [0.15, 0.2) is 109 Å². The fraction of sp³-hybridized carbons (Fsp3) is 0.189. The number of pyridine rings is 2. The third-order valence-electron chi connectivity index (χ3n) is 8.24. The normalized spacial score (nSPS) is 12.9. The second-order valence-electron chi connectivity index (χ2n) is 11.3. The molecular formula is C37H31F3N4O3. The first kappa shape index (κ1) is 31.5. The van der Waals surface area contributed by atoms with Crippen molar-refractivity contribution >= 4 is 17.5 Å². The van der Waals surface area contributed by atoms with E-state index in [1.807, 2.05) is 54.6 Å². The highest BCUT2D eigenvalue weighted by Crippen LogP contribution is 2.51. The van der Waals surface area contributed by atoms with Gasteiger partial charge in [0.25, 0.3) is 5.91 Å². The van der Waals surface area contributed by atoms with Crippen molar-refractivity contribution in [1.82, 2.24) is 15.3 Å². The average molecular weight is 637 g/mol. The number of amides is 2. The molecule has 6 rings (SSSR count). The number of carbonyl (C=O) groups excluding carboxylic acids is 2. The summed E-state index contributed by atoms with van der Waals surface area (Å²) in [5.74, 6) is -0.668. The number of hydrogen-bond acceptors (Lipinski definition) is 5. The highest BCUT2D eigenvalue weighted by Gasteiger charge is 2.49. The quantitative estimate of drug-likeness (QED) is 0.155. The summed E-state index contributed by atoms with van der Waals surface area (Å²) in [6.45, 7) is 0.542. The lowest BCUT2D eigenvalue weighted by atomic mass is 9.73. The molecule has 2 amide bonds.